The van der Waals surface area contributed by atoms with Crippen LogP contribution in [0.3, 0.4) is 0 Å². The molecule has 17 heavy (non-hydrogen) atoms. The molecule has 96 valence electrons. The summed E-state index contributed by atoms with van der Waals surface area (Å²) < 4.78 is 5.41. The molecule has 0 spiro atoms. The molecule has 0 aromatic carbocycles. The number of hydrogen-bond donors (Lipinski definition) is 1. The topological polar surface area (TPSA) is 65.2 Å². The fourth-order valence-electron chi connectivity index (χ4n) is 1.11. The number of ether oxygens (including phenoxy) is 1. The van der Waals surface area contributed by atoms with Crippen LogP contribution in [-0.2, 0) is 0 Å². The van der Waals surface area contributed by atoms with Crippen molar-refractivity contribution in [3.05, 3.63) is 24.0 Å². The maximum absolute atomic E-state index is 10.9. The predicted octanol–water partition coefficient (Wildman–Crippen LogP) is 2.43. The number of Topliss-reactive ketones (excluding diaryl/α,β-unsaturated/α-hetero) is 1. The van der Waals surface area contributed by atoms with Crippen molar-refractivity contribution >= 4 is 5.78 Å². The van der Waals surface area contributed by atoms with Crippen LogP contribution in [0.5, 0.6) is 5.75 Å². The van der Waals surface area contributed by atoms with Crippen molar-refractivity contribution in [1.29, 1.82) is 0 Å². The van der Waals surface area contributed by atoms with Crippen LogP contribution >= 0.6 is 0 Å². The van der Waals surface area contributed by atoms with E-state index in [0.717, 1.165) is 12.8 Å². The van der Waals surface area contributed by atoms with Crippen molar-refractivity contribution in [2.24, 2.45) is 5.73 Å². The lowest BCUT2D eigenvalue weighted by molar-refractivity contribution is 0.101. The second-order valence-corrected chi connectivity index (χ2v) is 3.28. The van der Waals surface area contributed by atoms with E-state index >= 15 is 0 Å². The van der Waals surface area contributed by atoms with Gasteiger partial charge in [0.2, 0.25) is 0 Å². The molecule has 1 heterocycles. The molecule has 2 N–H and O–H groups in total. The van der Waals surface area contributed by atoms with E-state index in [2.05, 4.69) is 4.98 Å². The molecule has 0 unspecified atom stereocenters. The minimum atomic E-state index is -0.0373. The Morgan fingerprint density at radius 3 is 2.53 bits per heavy atom. The van der Waals surface area contributed by atoms with Gasteiger partial charge < -0.3 is 10.5 Å². The first-order chi connectivity index (χ1) is 8.24. The number of ketones is 1. The molecule has 0 radical (unpaired) electrons. The van der Waals surface area contributed by atoms with E-state index < -0.39 is 0 Å². The van der Waals surface area contributed by atoms with Crippen molar-refractivity contribution in [2.75, 3.05) is 13.2 Å². The maximum atomic E-state index is 10.9. The van der Waals surface area contributed by atoms with Gasteiger partial charge in [0.1, 0.15) is 11.4 Å². The zero-order chi connectivity index (χ0) is 13.1. The monoisotopic (exact) mass is 238 g/mol. The van der Waals surface area contributed by atoms with E-state index in [1.807, 2.05) is 13.8 Å². The maximum Gasteiger partial charge on any atom is 0.178 e. The molecule has 0 saturated heterocycles. The third-order valence-corrected chi connectivity index (χ3v) is 1.96. The Morgan fingerprint density at radius 1 is 1.35 bits per heavy atom. The van der Waals surface area contributed by atoms with Crippen LogP contribution in [0.4, 0.5) is 0 Å². The number of hydrogen-bond acceptors (Lipinski definition) is 4. The third-order valence-electron chi connectivity index (χ3n) is 1.96. The first kappa shape index (κ1) is 15.6. The van der Waals surface area contributed by atoms with Gasteiger partial charge in [0.05, 0.1) is 12.8 Å². The molecule has 1 aromatic rings. The molecule has 4 nitrogen and oxygen atoms in total. The zero-order valence-corrected chi connectivity index (χ0v) is 10.9. The van der Waals surface area contributed by atoms with Crippen LogP contribution in [0.15, 0.2) is 18.3 Å². The quantitative estimate of drug-likeness (QED) is 0.610. The van der Waals surface area contributed by atoms with E-state index in [1.165, 1.54) is 6.92 Å². The Bertz CT molecular complexity index is 310. The lowest BCUT2D eigenvalue weighted by Crippen LogP contribution is -2.04. The molecule has 0 saturated carbocycles. The number of unbranched alkanes of at least 4 members (excludes halogenated alkanes) is 1. The van der Waals surface area contributed by atoms with E-state index in [-0.39, 0.29) is 5.78 Å². The number of pyridine rings is 1. The largest absolute Gasteiger partial charge is 0.492 e. The normalized spacial score (nSPS) is 9.18. The summed E-state index contributed by atoms with van der Waals surface area (Å²) in [5, 5.41) is 0. The van der Waals surface area contributed by atoms with Crippen LogP contribution in [0.2, 0.25) is 0 Å². The van der Waals surface area contributed by atoms with Crippen molar-refractivity contribution in [3.8, 4) is 5.75 Å². The Kier molecular flexibility index (Phi) is 8.96. The van der Waals surface area contributed by atoms with Crippen LogP contribution in [-0.4, -0.2) is 23.9 Å². The van der Waals surface area contributed by atoms with Gasteiger partial charge in [-0.25, -0.2) is 4.98 Å². The molecule has 4 heteroatoms. The minimum Gasteiger partial charge on any atom is -0.492 e. The summed E-state index contributed by atoms with van der Waals surface area (Å²) in [6.45, 7) is 6.81. The van der Waals surface area contributed by atoms with Gasteiger partial charge in [0, 0.05) is 6.92 Å². The van der Waals surface area contributed by atoms with Crippen molar-refractivity contribution < 1.29 is 9.53 Å². The van der Waals surface area contributed by atoms with Crippen LogP contribution < -0.4 is 10.5 Å². The van der Waals surface area contributed by atoms with E-state index in [4.69, 9.17) is 10.5 Å². The van der Waals surface area contributed by atoms with Gasteiger partial charge in [-0.3, -0.25) is 4.79 Å². The highest BCUT2D eigenvalue weighted by atomic mass is 16.5. The molecule has 0 fully saturated rings. The third kappa shape index (κ3) is 6.68. The Balaban J connectivity index is 0.00000121. The first-order valence-electron chi connectivity index (χ1n) is 6.04. The predicted molar refractivity (Wildman–Crippen MR) is 69.4 cm³/mol. The van der Waals surface area contributed by atoms with Gasteiger partial charge in [-0.05, 0) is 31.5 Å². The minimum absolute atomic E-state index is 0.0373. The summed E-state index contributed by atoms with van der Waals surface area (Å²) in [5.41, 5.74) is 5.82. The highest BCUT2D eigenvalue weighted by Crippen LogP contribution is 2.09. The second-order valence-electron chi connectivity index (χ2n) is 3.28. The van der Waals surface area contributed by atoms with Crippen molar-refractivity contribution in [3.63, 3.8) is 0 Å². The van der Waals surface area contributed by atoms with E-state index in [1.54, 1.807) is 18.3 Å². The fourth-order valence-corrected chi connectivity index (χ4v) is 1.11. The summed E-state index contributed by atoms with van der Waals surface area (Å²) in [6.07, 6.45) is 3.46. The first-order valence-corrected chi connectivity index (χ1v) is 6.04. The van der Waals surface area contributed by atoms with Gasteiger partial charge in [-0.2, -0.15) is 0 Å². The standard InChI is InChI=1S/C11H16N2O2.C2H6/c1-9(14)11-5-4-10(8-13-11)15-7-3-2-6-12;1-2/h4-5,8H,2-3,6-7,12H2,1H3;1-2H3. The molecule has 0 bridgehead atoms. The Hall–Kier alpha value is -1.42. The van der Waals surface area contributed by atoms with Crippen molar-refractivity contribution in [1.82, 2.24) is 4.98 Å². The molecule has 0 aliphatic rings. The lowest BCUT2D eigenvalue weighted by atomic mass is 10.3. The zero-order valence-electron chi connectivity index (χ0n) is 10.9. The Morgan fingerprint density at radius 2 is 2.06 bits per heavy atom. The fraction of sp³-hybridized carbons (Fsp3) is 0.538. The summed E-state index contributed by atoms with van der Waals surface area (Å²) in [4.78, 5) is 14.9. The lowest BCUT2D eigenvalue weighted by Gasteiger charge is -2.05. The van der Waals surface area contributed by atoms with Crippen molar-refractivity contribution in [2.45, 2.75) is 33.6 Å². The summed E-state index contributed by atoms with van der Waals surface area (Å²) in [5.74, 6) is 0.654. The van der Waals surface area contributed by atoms with Gasteiger partial charge in [0.15, 0.2) is 5.78 Å². The summed E-state index contributed by atoms with van der Waals surface area (Å²) in [6, 6.07) is 3.42. The molecule has 1 rings (SSSR count). The molecule has 1 aromatic heterocycles. The van der Waals surface area contributed by atoms with Gasteiger partial charge in [-0.1, -0.05) is 13.8 Å². The highest BCUT2D eigenvalue weighted by molar-refractivity contribution is 5.92. The molecule has 0 aliphatic heterocycles. The average molecular weight is 238 g/mol. The average Bonchev–Trinajstić information content (AvgIpc) is 2.38. The number of rotatable bonds is 6. The summed E-state index contributed by atoms with van der Waals surface area (Å²) in [7, 11) is 0. The number of carbonyl (C=O) groups excluding carboxylic acids is 1. The van der Waals surface area contributed by atoms with Gasteiger partial charge in [-0.15, -0.1) is 0 Å². The van der Waals surface area contributed by atoms with Gasteiger partial charge in [0.25, 0.3) is 0 Å². The SMILES string of the molecule is CC.CC(=O)c1ccc(OCCCCN)cn1. The van der Waals surface area contributed by atoms with E-state index in [9.17, 15) is 4.79 Å². The number of nitrogens with zero attached hydrogens (tertiary/aromatic N) is 1. The van der Waals surface area contributed by atoms with Crippen LogP contribution in [0.25, 0.3) is 0 Å². The van der Waals surface area contributed by atoms with Crippen LogP contribution in [0.1, 0.15) is 44.1 Å². The second kappa shape index (κ2) is 9.78. The number of aromatic nitrogens is 1. The Labute approximate surface area is 103 Å². The van der Waals surface area contributed by atoms with Crippen LogP contribution in [0, 0.1) is 0 Å². The van der Waals surface area contributed by atoms with Gasteiger partial charge >= 0.3 is 0 Å². The molecule has 0 aliphatic carbocycles. The number of carbonyl (C=O) groups is 1. The molecule has 0 atom stereocenters. The summed E-state index contributed by atoms with van der Waals surface area (Å²) >= 11 is 0. The smallest absolute Gasteiger partial charge is 0.178 e. The number of nitrogens with two attached hydrogens (primary N) is 1. The molecular formula is C13H22N2O2. The molecular weight excluding hydrogens is 216 g/mol. The molecule has 0 amide bonds. The van der Waals surface area contributed by atoms with E-state index in [0.29, 0.717) is 24.6 Å². The highest BCUT2D eigenvalue weighted by Gasteiger charge is 2.00.